The molecule has 0 bridgehead atoms. The summed E-state index contributed by atoms with van der Waals surface area (Å²) in [7, 11) is 1.63. The minimum atomic E-state index is -4.05. The number of methoxy groups -OCH3 is 1. The van der Waals surface area contributed by atoms with E-state index in [0.717, 1.165) is 22.6 Å². The van der Waals surface area contributed by atoms with Crippen LogP contribution in [-0.2, 0) is 0 Å². The molecule has 0 spiro atoms. The van der Waals surface area contributed by atoms with Crippen molar-refractivity contribution in [2.45, 2.75) is 51.7 Å². The van der Waals surface area contributed by atoms with Crippen molar-refractivity contribution in [3.8, 4) is 5.75 Å². The highest BCUT2D eigenvalue weighted by Crippen LogP contribution is 2.39. The minimum absolute atomic E-state index is 0.106. The van der Waals surface area contributed by atoms with Gasteiger partial charge >= 0.3 is 6.18 Å². The third-order valence-electron chi connectivity index (χ3n) is 4.36. The topological polar surface area (TPSA) is 21.3 Å². The van der Waals surface area contributed by atoms with E-state index >= 15 is 0 Å². The number of ether oxygens (including phenoxy) is 1. The monoisotopic (exact) mass is 301 g/mol. The Labute approximate surface area is 123 Å². The highest BCUT2D eigenvalue weighted by atomic mass is 19.4. The molecular weight excluding hydrogens is 279 g/mol. The molecule has 0 saturated heterocycles. The van der Waals surface area contributed by atoms with Crippen LogP contribution in [0.5, 0.6) is 5.75 Å². The highest BCUT2D eigenvalue weighted by Gasteiger charge is 2.41. The molecule has 1 saturated carbocycles. The summed E-state index contributed by atoms with van der Waals surface area (Å²) in [5.74, 6) is -0.298. The van der Waals surface area contributed by atoms with Gasteiger partial charge in [-0.05, 0) is 51.2 Å². The first-order valence-electron chi connectivity index (χ1n) is 7.30. The standard InChI is InChI=1S/C16H22F3NO/c1-10-4-9-14(11(2)15(10)21-3)20-13-7-5-12(6-8-13)16(17,18)19/h4,9,12-13,20H,5-8H2,1-3H3. The fourth-order valence-corrected chi connectivity index (χ4v) is 3.08. The Kier molecular flexibility index (Phi) is 4.69. The predicted octanol–water partition coefficient (Wildman–Crippen LogP) is 4.85. The number of hydrogen-bond donors (Lipinski definition) is 1. The molecule has 118 valence electrons. The highest BCUT2D eigenvalue weighted by molar-refractivity contribution is 5.60. The molecule has 21 heavy (non-hydrogen) atoms. The lowest BCUT2D eigenvalue weighted by Gasteiger charge is -2.31. The maximum atomic E-state index is 12.7. The van der Waals surface area contributed by atoms with Crippen molar-refractivity contribution >= 4 is 5.69 Å². The molecule has 2 rings (SSSR count). The molecule has 1 aromatic rings. The molecule has 0 heterocycles. The predicted molar refractivity (Wildman–Crippen MR) is 77.9 cm³/mol. The summed E-state index contributed by atoms with van der Waals surface area (Å²) in [5.41, 5.74) is 3.02. The SMILES string of the molecule is COc1c(C)ccc(NC2CCC(C(F)(F)F)CC2)c1C. The summed E-state index contributed by atoms with van der Waals surface area (Å²) in [6.45, 7) is 3.94. The quantitative estimate of drug-likeness (QED) is 0.862. The van der Waals surface area contributed by atoms with Crippen LogP contribution in [0.3, 0.4) is 0 Å². The van der Waals surface area contributed by atoms with Gasteiger partial charge in [0.15, 0.2) is 0 Å². The summed E-state index contributed by atoms with van der Waals surface area (Å²) < 4.78 is 43.4. The van der Waals surface area contributed by atoms with Gasteiger partial charge in [0.2, 0.25) is 0 Å². The molecule has 1 fully saturated rings. The fraction of sp³-hybridized carbons (Fsp3) is 0.625. The van der Waals surface area contributed by atoms with Crippen molar-refractivity contribution in [3.63, 3.8) is 0 Å². The van der Waals surface area contributed by atoms with Crippen LogP contribution in [0.4, 0.5) is 18.9 Å². The van der Waals surface area contributed by atoms with E-state index in [4.69, 9.17) is 4.74 Å². The molecule has 2 nitrogen and oxygen atoms in total. The molecule has 0 radical (unpaired) electrons. The molecule has 0 aromatic heterocycles. The maximum Gasteiger partial charge on any atom is 0.391 e. The summed E-state index contributed by atoms with van der Waals surface area (Å²) >= 11 is 0. The minimum Gasteiger partial charge on any atom is -0.496 e. The van der Waals surface area contributed by atoms with Gasteiger partial charge in [-0.1, -0.05) is 6.07 Å². The van der Waals surface area contributed by atoms with Gasteiger partial charge in [0.1, 0.15) is 5.75 Å². The van der Waals surface area contributed by atoms with E-state index in [1.165, 1.54) is 0 Å². The van der Waals surface area contributed by atoms with Crippen LogP contribution < -0.4 is 10.1 Å². The number of hydrogen-bond acceptors (Lipinski definition) is 2. The first-order valence-corrected chi connectivity index (χ1v) is 7.30. The first kappa shape index (κ1) is 16.0. The number of anilines is 1. The number of alkyl halides is 3. The molecule has 0 aliphatic heterocycles. The number of aryl methyl sites for hydroxylation is 1. The lowest BCUT2D eigenvalue weighted by atomic mass is 9.85. The third kappa shape index (κ3) is 3.63. The Hall–Kier alpha value is -1.39. The second kappa shape index (κ2) is 6.16. The normalized spacial score (nSPS) is 23.0. The molecule has 1 aliphatic carbocycles. The van der Waals surface area contributed by atoms with E-state index in [0.29, 0.717) is 12.8 Å². The Morgan fingerprint density at radius 3 is 2.24 bits per heavy atom. The average molecular weight is 301 g/mol. The van der Waals surface area contributed by atoms with Crippen LogP contribution in [0.1, 0.15) is 36.8 Å². The zero-order valence-corrected chi connectivity index (χ0v) is 12.7. The van der Waals surface area contributed by atoms with Crippen molar-refractivity contribution < 1.29 is 17.9 Å². The van der Waals surface area contributed by atoms with E-state index in [1.807, 2.05) is 26.0 Å². The van der Waals surface area contributed by atoms with Crippen molar-refractivity contribution in [1.29, 1.82) is 0 Å². The van der Waals surface area contributed by atoms with Gasteiger partial charge in [0.05, 0.1) is 13.0 Å². The molecule has 0 unspecified atom stereocenters. The zero-order chi connectivity index (χ0) is 15.6. The molecule has 0 atom stereocenters. The van der Waals surface area contributed by atoms with Crippen LogP contribution in [0, 0.1) is 19.8 Å². The van der Waals surface area contributed by atoms with Crippen molar-refractivity contribution in [1.82, 2.24) is 0 Å². The molecule has 1 aliphatic rings. The number of rotatable bonds is 3. The van der Waals surface area contributed by atoms with E-state index < -0.39 is 12.1 Å². The van der Waals surface area contributed by atoms with Gasteiger partial charge in [-0.3, -0.25) is 0 Å². The molecule has 5 heteroatoms. The molecular formula is C16H22F3NO. The van der Waals surface area contributed by atoms with Crippen molar-refractivity contribution in [2.75, 3.05) is 12.4 Å². The van der Waals surface area contributed by atoms with Gasteiger partial charge in [-0.15, -0.1) is 0 Å². The van der Waals surface area contributed by atoms with Crippen LogP contribution in [0.15, 0.2) is 12.1 Å². The van der Waals surface area contributed by atoms with Gasteiger partial charge < -0.3 is 10.1 Å². The summed E-state index contributed by atoms with van der Waals surface area (Å²) in [5, 5.41) is 3.38. The second-order valence-corrected chi connectivity index (χ2v) is 5.82. The van der Waals surface area contributed by atoms with E-state index in [1.54, 1.807) is 7.11 Å². The Balaban J connectivity index is 2.01. The molecule has 1 aromatic carbocycles. The van der Waals surface area contributed by atoms with Crippen molar-refractivity contribution in [3.05, 3.63) is 23.3 Å². The van der Waals surface area contributed by atoms with Crippen LogP contribution in [-0.4, -0.2) is 19.3 Å². The lowest BCUT2D eigenvalue weighted by Crippen LogP contribution is -2.33. The zero-order valence-electron chi connectivity index (χ0n) is 12.7. The van der Waals surface area contributed by atoms with E-state index in [2.05, 4.69) is 5.32 Å². The Bertz CT molecular complexity index is 491. The van der Waals surface area contributed by atoms with Crippen LogP contribution in [0.25, 0.3) is 0 Å². The fourth-order valence-electron chi connectivity index (χ4n) is 3.08. The van der Waals surface area contributed by atoms with Gasteiger partial charge in [-0.25, -0.2) is 0 Å². The number of halogens is 3. The average Bonchev–Trinajstić information content (AvgIpc) is 2.42. The molecule has 0 amide bonds. The van der Waals surface area contributed by atoms with E-state index in [9.17, 15) is 13.2 Å². The Morgan fingerprint density at radius 1 is 1.10 bits per heavy atom. The Morgan fingerprint density at radius 2 is 1.71 bits per heavy atom. The summed E-state index contributed by atoms with van der Waals surface area (Å²) in [4.78, 5) is 0. The van der Waals surface area contributed by atoms with Gasteiger partial charge in [-0.2, -0.15) is 13.2 Å². The van der Waals surface area contributed by atoms with Crippen molar-refractivity contribution in [2.24, 2.45) is 5.92 Å². The summed E-state index contributed by atoms with van der Waals surface area (Å²) in [6, 6.07) is 4.05. The maximum absolute atomic E-state index is 12.7. The smallest absolute Gasteiger partial charge is 0.391 e. The molecule has 1 N–H and O–H groups in total. The van der Waals surface area contributed by atoms with Gasteiger partial charge in [0, 0.05) is 17.3 Å². The third-order valence-corrected chi connectivity index (χ3v) is 4.36. The van der Waals surface area contributed by atoms with Gasteiger partial charge in [0.25, 0.3) is 0 Å². The number of nitrogens with one attached hydrogen (secondary N) is 1. The van der Waals surface area contributed by atoms with Crippen LogP contribution in [0.2, 0.25) is 0 Å². The number of benzene rings is 1. The van der Waals surface area contributed by atoms with E-state index in [-0.39, 0.29) is 18.9 Å². The first-order chi connectivity index (χ1) is 9.82. The lowest BCUT2D eigenvalue weighted by molar-refractivity contribution is -0.182. The largest absolute Gasteiger partial charge is 0.496 e. The summed E-state index contributed by atoms with van der Waals surface area (Å²) in [6.07, 6.45) is -2.51. The second-order valence-electron chi connectivity index (χ2n) is 5.82. The van der Waals surface area contributed by atoms with Crippen LogP contribution >= 0.6 is 0 Å².